The number of pyridine rings is 1. The van der Waals surface area contributed by atoms with Gasteiger partial charge in [-0.15, -0.1) is 0 Å². The van der Waals surface area contributed by atoms with Crippen molar-refractivity contribution in [1.29, 1.82) is 0 Å². The molecular formula is C17H16ClN3O. The van der Waals surface area contributed by atoms with Crippen LogP contribution in [0, 0.1) is 0 Å². The predicted molar refractivity (Wildman–Crippen MR) is 89.4 cm³/mol. The fraction of sp³-hybridized carbons (Fsp3) is 0.176. The standard InChI is InChI=1S/C17H16ClN3O/c1-2-8-21-9-6-12-10-14(3-4-15(12)21)20-17(22)13-5-7-19-16(18)11-13/h3-7,9-11H,2,8H2,1H3,(H,20,22). The Labute approximate surface area is 133 Å². The first-order valence-electron chi connectivity index (χ1n) is 7.19. The first kappa shape index (κ1) is 14.6. The number of anilines is 1. The molecule has 0 saturated heterocycles. The van der Waals surface area contributed by atoms with Crippen LogP contribution in [0.1, 0.15) is 23.7 Å². The zero-order valence-electron chi connectivity index (χ0n) is 12.2. The number of hydrogen-bond donors (Lipinski definition) is 1. The zero-order valence-corrected chi connectivity index (χ0v) is 13.0. The number of aromatic nitrogens is 2. The molecule has 2 aromatic heterocycles. The molecule has 0 atom stereocenters. The van der Waals surface area contributed by atoms with Crippen LogP contribution in [0.2, 0.25) is 5.15 Å². The van der Waals surface area contributed by atoms with Crippen molar-refractivity contribution < 1.29 is 4.79 Å². The maximum atomic E-state index is 12.2. The van der Waals surface area contributed by atoms with E-state index in [0.717, 1.165) is 24.0 Å². The molecule has 0 aliphatic carbocycles. The van der Waals surface area contributed by atoms with Gasteiger partial charge in [-0.05, 0) is 42.8 Å². The summed E-state index contributed by atoms with van der Waals surface area (Å²) < 4.78 is 2.21. The molecule has 5 heteroatoms. The van der Waals surface area contributed by atoms with Crippen LogP contribution in [-0.2, 0) is 6.54 Å². The van der Waals surface area contributed by atoms with Crippen LogP contribution in [0.4, 0.5) is 5.69 Å². The minimum absolute atomic E-state index is 0.198. The van der Waals surface area contributed by atoms with Crippen LogP contribution < -0.4 is 5.32 Å². The maximum absolute atomic E-state index is 12.2. The summed E-state index contributed by atoms with van der Waals surface area (Å²) in [6, 6.07) is 11.2. The van der Waals surface area contributed by atoms with Gasteiger partial charge in [0.1, 0.15) is 5.15 Å². The Morgan fingerprint density at radius 2 is 2.14 bits per heavy atom. The van der Waals surface area contributed by atoms with Crippen molar-refractivity contribution in [3.63, 3.8) is 0 Å². The Morgan fingerprint density at radius 3 is 2.91 bits per heavy atom. The second-order valence-electron chi connectivity index (χ2n) is 5.10. The summed E-state index contributed by atoms with van der Waals surface area (Å²) in [6.07, 6.45) is 4.68. The number of nitrogens with zero attached hydrogens (tertiary/aromatic N) is 2. The van der Waals surface area contributed by atoms with Crippen molar-refractivity contribution in [2.24, 2.45) is 0 Å². The van der Waals surface area contributed by atoms with Gasteiger partial charge >= 0.3 is 0 Å². The van der Waals surface area contributed by atoms with E-state index in [4.69, 9.17) is 11.6 Å². The van der Waals surface area contributed by atoms with Crippen molar-refractivity contribution in [2.75, 3.05) is 5.32 Å². The number of fused-ring (bicyclic) bond motifs is 1. The minimum Gasteiger partial charge on any atom is -0.347 e. The molecule has 0 aliphatic heterocycles. The summed E-state index contributed by atoms with van der Waals surface area (Å²) in [5, 5.41) is 4.30. The van der Waals surface area contributed by atoms with E-state index in [1.807, 2.05) is 18.2 Å². The molecule has 1 N–H and O–H groups in total. The van der Waals surface area contributed by atoms with Crippen molar-refractivity contribution >= 4 is 34.1 Å². The number of halogens is 1. The highest BCUT2D eigenvalue weighted by Crippen LogP contribution is 2.21. The van der Waals surface area contributed by atoms with Crippen LogP contribution in [0.15, 0.2) is 48.8 Å². The van der Waals surface area contributed by atoms with E-state index >= 15 is 0 Å². The average molecular weight is 314 g/mol. The van der Waals surface area contributed by atoms with Crippen molar-refractivity contribution in [3.05, 3.63) is 59.5 Å². The number of carbonyl (C=O) groups is 1. The summed E-state index contributed by atoms with van der Waals surface area (Å²) in [6.45, 7) is 3.14. The average Bonchev–Trinajstić information content (AvgIpc) is 2.90. The monoisotopic (exact) mass is 313 g/mol. The number of carbonyl (C=O) groups excluding carboxylic acids is 1. The number of aryl methyl sites for hydroxylation is 1. The van der Waals surface area contributed by atoms with Crippen LogP contribution in [0.3, 0.4) is 0 Å². The third kappa shape index (κ3) is 2.97. The molecule has 0 spiro atoms. The fourth-order valence-corrected chi connectivity index (χ4v) is 2.63. The molecule has 1 aromatic carbocycles. The molecule has 0 aliphatic rings. The zero-order chi connectivity index (χ0) is 15.5. The van der Waals surface area contributed by atoms with Gasteiger partial charge in [-0.2, -0.15) is 0 Å². The molecule has 112 valence electrons. The Kier molecular flexibility index (Phi) is 4.11. The lowest BCUT2D eigenvalue weighted by atomic mass is 10.2. The lowest BCUT2D eigenvalue weighted by Gasteiger charge is -2.07. The van der Waals surface area contributed by atoms with Crippen molar-refractivity contribution in [2.45, 2.75) is 19.9 Å². The molecule has 3 aromatic rings. The van der Waals surface area contributed by atoms with Gasteiger partial charge in [-0.25, -0.2) is 4.98 Å². The summed E-state index contributed by atoms with van der Waals surface area (Å²) in [5.41, 5.74) is 2.43. The normalized spacial score (nSPS) is 10.8. The first-order valence-corrected chi connectivity index (χ1v) is 7.57. The third-order valence-corrected chi connectivity index (χ3v) is 3.69. The Balaban J connectivity index is 1.83. The topological polar surface area (TPSA) is 46.9 Å². The van der Waals surface area contributed by atoms with Gasteiger partial charge in [-0.1, -0.05) is 18.5 Å². The molecule has 1 amide bonds. The largest absolute Gasteiger partial charge is 0.347 e. The number of nitrogens with one attached hydrogen (secondary N) is 1. The highest BCUT2D eigenvalue weighted by atomic mass is 35.5. The van der Waals surface area contributed by atoms with Gasteiger partial charge in [0.25, 0.3) is 5.91 Å². The van der Waals surface area contributed by atoms with E-state index in [2.05, 4.69) is 34.1 Å². The number of amides is 1. The Bertz CT molecular complexity index is 826. The molecule has 22 heavy (non-hydrogen) atoms. The summed E-state index contributed by atoms with van der Waals surface area (Å²) in [7, 11) is 0. The van der Waals surface area contributed by atoms with Crippen molar-refractivity contribution in [3.8, 4) is 0 Å². The van der Waals surface area contributed by atoms with Crippen LogP contribution >= 0.6 is 11.6 Å². The summed E-state index contributed by atoms with van der Waals surface area (Å²) in [4.78, 5) is 16.1. The van der Waals surface area contributed by atoms with Gasteiger partial charge in [0.15, 0.2) is 0 Å². The van der Waals surface area contributed by atoms with Gasteiger partial charge in [0.05, 0.1) is 0 Å². The SMILES string of the molecule is CCCn1ccc2cc(NC(=O)c3ccnc(Cl)c3)ccc21. The van der Waals surface area contributed by atoms with Crippen LogP contribution in [-0.4, -0.2) is 15.5 Å². The first-order chi connectivity index (χ1) is 10.7. The van der Waals surface area contributed by atoms with Gasteiger partial charge in [0, 0.05) is 41.1 Å². The highest BCUT2D eigenvalue weighted by molar-refractivity contribution is 6.29. The Morgan fingerprint density at radius 1 is 1.27 bits per heavy atom. The number of hydrogen-bond acceptors (Lipinski definition) is 2. The highest BCUT2D eigenvalue weighted by Gasteiger charge is 2.08. The van der Waals surface area contributed by atoms with E-state index in [9.17, 15) is 4.79 Å². The maximum Gasteiger partial charge on any atom is 0.255 e. The second kappa shape index (κ2) is 6.20. The third-order valence-electron chi connectivity index (χ3n) is 3.48. The molecule has 0 fully saturated rings. The van der Waals surface area contributed by atoms with E-state index in [1.54, 1.807) is 12.1 Å². The lowest BCUT2D eigenvalue weighted by molar-refractivity contribution is 0.102. The minimum atomic E-state index is -0.198. The summed E-state index contributed by atoms with van der Waals surface area (Å²) in [5.74, 6) is -0.198. The summed E-state index contributed by atoms with van der Waals surface area (Å²) >= 11 is 5.81. The van der Waals surface area contributed by atoms with E-state index in [-0.39, 0.29) is 5.91 Å². The van der Waals surface area contributed by atoms with Gasteiger partial charge in [-0.3, -0.25) is 4.79 Å². The molecule has 0 unspecified atom stereocenters. The number of benzene rings is 1. The van der Waals surface area contributed by atoms with Crippen LogP contribution in [0.25, 0.3) is 10.9 Å². The molecule has 4 nitrogen and oxygen atoms in total. The fourth-order valence-electron chi connectivity index (χ4n) is 2.46. The van der Waals surface area contributed by atoms with Gasteiger partial charge in [0.2, 0.25) is 0 Å². The van der Waals surface area contributed by atoms with Crippen molar-refractivity contribution in [1.82, 2.24) is 9.55 Å². The molecule has 3 rings (SSSR count). The Hall–Kier alpha value is -2.33. The van der Waals surface area contributed by atoms with Gasteiger partial charge < -0.3 is 9.88 Å². The van der Waals surface area contributed by atoms with E-state index < -0.39 is 0 Å². The van der Waals surface area contributed by atoms with E-state index in [1.165, 1.54) is 11.7 Å². The molecular weight excluding hydrogens is 298 g/mol. The molecule has 2 heterocycles. The number of rotatable bonds is 4. The second-order valence-corrected chi connectivity index (χ2v) is 5.49. The molecule has 0 radical (unpaired) electrons. The predicted octanol–water partition coefficient (Wildman–Crippen LogP) is 4.35. The lowest BCUT2D eigenvalue weighted by Crippen LogP contribution is -2.11. The molecule has 0 bridgehead atoms. The van der Waals surface area contributed by atoms with Crippen LogP contribution in [0.5, 0.6) is 0 Å². The quantitative estimate of drug-likeness (QED) is 0.728. The van der Waals surface area contributed by atoms with E-state index in [0.29, 0.717) is 10.7 Å². The molecule has 0 saturated carbocycles. The smallest absolute Gasteiger partial charge is 0.255 e.